The van der Waals surface area contributed by atoms with Crippen LogP contribution < -0.4 is 0 Å². The molecule has 2 heterocycles. The van der Waals surface area contributed by atoms with Crippen LogP contribution in [0.25, 0.3) is 0 Å². The van der Waals surface area contributed by atoms with Gasteiger partial charge in [0, 0.05) is 25.0 Å². The molecule has 0 radical (unpaired) electrons. The average Bonchev–Trinajstić information content (AvgIpc) is 2.69. The number of carboxylic acid groups (broad SMARTS) is 1. The van der Waals surface area contributed by atoms with Crippen molar-refractivity contribution in [3.05, 3.63) is 23.5 Å². The van der Waals surface area contributed by atoms with Crippen LogP contribution in [0, 0.1) is 6.92 Å². The third kappa shape index (κ3) is 2.88. The Kier molecular flexibility index (Phi) is 3.84. The first-order valence-corrected chi connectivity index (χ1v) is 6.30. The zero-order valence-corrected chi connectivity index (χ0v) is 10.4. The highest BCUT2D eigenvalue weighted by atomic mass is 16.4. The topological polar surface area (TPSA) is 45.5 Å². The fourth-order valence-electron chi connectivity index (χ4n) is 2.45. The van der Waals surface area contributed by atoms with E-state index in [0.717, 1.165) is 18.8 Å². The Morgan fingerprint density at radius 2 is 2.00 bits per heavy atom. The van der Waals surface area contributed by atoms with Crippen molar-refractivity contribution in [2.75, 3.05) is 19.6 Å². The number of nitrogens with zero attached hydrogens (tertiary/aromatic N) is 2. The molecule has 0 bridgehead atoms. The van der Waals surface area contributed by atoms with Gasteiger partial charge in [0.05, 0.1) is 5.56 Å². The fourth-order valence-corrected chi connectivity index (χ4v) is 2.45. The van der Waals surface area contributed by atoms with Crippen molar-refractivity contribution in [2.24, 2.45) is 0 Å². The minimum absolute atomic E-state index is 0.420. The first-order valence-electron chi connectivity index (χ1n) is 6.30. The molecular formula is C13H20N2O2. The second-order valence-electron chi connectivity index (χ2n) is 4.72. The molecule has 1 N–H and O–H groups in total. The van der Waals surface area contributed by atoms with Crippen LogP contribution in [-0.2, 0) is 6.54 Å². The van der Waals surface area contributed by atoms with Crippen molar-refractivity contribution >= 4 is 5.97 Å². The molecule has 1 aromatic rings. The van der Waals surface area contributed by atoms with Gasteiger partial charge in [-0.25, -0.2) is 4.79 Å². The zero-order chi connectivity index (χ0) is 12.3. The van der Waals surface area contributed by atoms with Crippen molar-refractivity contribution in [3.63, 3.8) is 0 Å². The number of likely N-dealkylation sites (tertiary alicyclic amines) is 1. The molecular weight excluding hydrogens is 216 g/mol. The first-order chi connectivity index (χ1) is 8.18. The Hall–Kier alpha value is -1.29. The highest BCUT2D eigenvalue weighted by Crippen LogP contribution is 2.12. The van der Waals surface area contributed by atoms with Gasteiger partial charge in [0.2, 0.25) is 0 Å². The van der Waals surface area contributed by atoms with Crippen LogP contribution in [0.15, 0.2) is 12.3 Å². The van der Waals surface area contributed by atoms with E-state index in [9.17, 15) is 4.79 Å². The summed E-state index contributed by atoms with van der Waals surface area (Å²) in [5.41, 5.74) is 1.28. The van der Waals surface area contributed by atoms with E-state index >= 15 is 0 Å². The molecule has 0 aromatic carbocycles. The SMILES string of the molecule is Cc1c(C(=O)O)ccn1CCN1CCCCC1. The Morgan fingerprint density at radius 1 is 1.29 bits per heavy atom. The number of aromatic carboxylic acids is 1. The number of carboxylic acids is 1. The summed E-state index contributed by atoms with van der Waals surface area (Å²) in [6.45, 7) is 6.16. The Morgan fingerprint density at radius 3 is 2.59 bits per heavy atom. The molecule has 1 aromatic heterocycles. The number of piperidine rings is 1. The predicted octanol–water partition coefficient (Wildman–Crippen LogP) is 1.98. The number of hydrogen-bond acceptors (Lipinski definition) is 2. The number of carbonyl (C=O) groups is 1. The third-order valence-electron chi connectivity index (χ3n) is 3.58. The van der Waals surface area contributed by atoms with Crippen LogP contribution in [-0.4, -0.2) is 40.2 Å². The molecule has 1 aliphatic rings. The van der Waals surface area contributed by atoms with Crippen molar-refractivity contribution in [1.82, 2.24) is 9.47 Å². The second-order valence-corrected chi connectivity index (χ2v) is 4.72. The lowest BCUT2D eigenvalue weighted by Gasteiger charge is -2.26. The van der Waals surface area contributed by atoms with Gasteiger partial charge in [0.15, 0.2) is 0 Å². The highest BCUT2D eigenvalue weighted by Gasteiger charge is 2.13. The van der Waals surface area contributed by atoms with E-state index in [1.165, 1.54) is 32.4 Å². The largest absolute Gasteiger partial charge is 0.478 e. The van der Waals surface area contributed by atoms with E-state index in [0.29, 0.717) is 5.56 Å². The van der Waals surface area contributed by atoms with Crippen LogP contribution in [0.2, 0.25) is 0 Å². The summed E-state index contributed by atoms with van der Waals surface area (Å²) in [6.07, 6.45) is 5.82. The minimum Gasteiger partial charge on any atom is -0.478 e. The minimum atomic E-state index is -0.834. The lowest BCUT2D eigenvalue weighted by atomic mass is 10.1. The fraction of sp³-hybridized carbons (Fsp3) is 0.615. The molecule has 94 valence electrons. The van der Waals surface area contributed by atoms with Gasteiger partial charge in [-0.15, -0.1) is 0 Å². The van der Waals surface area contributed by atoms with Gasteiger partial charge in [-0.1, -0.05) is 6.42 Å². The average molecular weight is 236 g/mol. The Balaban J connectivity index is 1.92. The second kappa shape index (κ2) is 5.36. The molecule has 0 spiro atoms. The van der Waals surface area contributed by atoms with E-state index in [1.54, 1.807) is 6.07 Å². The first kappa shape index (κ1) is 12.2. The summed E-state index contributed by atoms with van der Waals surface area (Å²) in [5, 5.41) is 8.97. The summed E-state index contributed by atoms with van der Waals surface area (Å²) >= 11 is 0. The van der Waals surface area contributed by atoms with Crippen molar-refractivity contribution in [2.45, 2.75) is 32.7 Å². The van der Waals surface area contributed by atoms with E-state index in [1.807, 2.05) is 17.7 Å². The molecule has 1 saturated heterocycles. The Bertz CT molecular complexity index is 392. The van der Waals surface area contributed by atoms with Gasteiger partial charge in [-0.05, 0) is 38.9 Å². The summed E-state index contributed by atoms with van der Waals surface area (Å²) in [7, 11) is 0. The molecule has 0 atom stereocenters. The molecule has 0 aliphatic carbocycles. The van der Waals surface area contributed by atoms with Gasteiger partial charge in [-0.3, -0.25) is 0 Å². The molecule has 4 heteroatoms. The van der Waals surface area contributed by atoms with Gasteiger partial charge >= 0.3 is 5.97 Å². The van der Waals surface area contributed by atoms with Crippen LogP contribution >= 0.6 is 0 Å². The maximum absolute atomic E-state index is 10.9. The third-order valence-corrected chi connectivity index (χ3v) is 3.58. The highest BCUT2D eigenvalue weighted by molar-refractivity contribution is 5.88. The van der Waals surface area contributed by atoms with Crippen molar-refractivity contribution < 1.29 is 9.90 Å². The smallest absolute Gasteiger partial charge is 0.337 e. The van der Waals surface area contributed by atoms with E-state index in [-0.39, 0.29) is 0 Å². The van der Waals surface area contributed by atoms with Gasteiger partial charge in [0.1, 0.15) is 0 Å². The number of aromatic nitrogens is 1. The molecule has 0 unspecified atom stereocenters. The Labute approximate surface area is 102 Å². The van der Waals surface area contributed by atoms with E-state index < -0.39 is 5.97 Å². The van der Waals surface area contributed by atoms with E-state index in [4.69, 9.17) is 5.11 Å². The summed E-state index contributed by atoms with van der Waals surface area (Å²) in [4.78, 5) is 13.4. The zero-order valence-electron chi connectivity index (χ0n) is 10.4. The lowest BCUT2D eigenvalue weighted by molar-refractivity contribution is 0.0696. The molecule has 0 amide bonds. The maximum atomic E-state index is 10.9. The lowest BCUT2D eigenvalue weighted by Crippen LogP contribution is -2.32. The molecule has 0 saturated carbocycles. The van der Waals surface area contributed by atoms with Crippen LogP contribution in [0.1, 0.15) is 35.3 Å². The molecule has 1 aliphatic heterocycles. The van der Waals surface area contributed by atoms with Gasteiger partial charge in [-0.2, -0.15) is 0 Å². The van der Waals surface area contributed by atoms with Gasteiger partial charge in [0.25, 0.3) is 0 Å². The normalized spacial score (nSPS) is 17.2. The standard InChI is InChI=1S/C13H20N2O2/c1-11-12(13(16)17)5-8-15(11)10-9-14-6-3-2-4-7-14/h5,8H,2-4,6-7,9-10H2,1H3,(H,16,17). The summed E-state index contributed by atoms with van der Waals surface area (Å²) in [6, 6.07) is 1.69. The van der Waals surface area contributed by atoms with Gasteiger partial charge < -0.3 is 14.6 Å². The quantitative estimate of drug-likeness (QED) is 0.869. The van der Waals surface area contributed by atoms with Crippen molar-refractivity contribution in [1.29, 1.82) is 0 Å². The monoisotopic (exact) mass is 236 g/mol. The maximum Gasteiger partial charge on any atom is 0.337 e. The number of rotatable bonds is 4. The predicted molar refractivity (Wildman–Crippen MR) is 66.4 cm³/mol. The van der Waals surface area contributed by atoms with E-state index in [2.05, 4.69) is 4.90 Å². The molecule has 17 heavy (non-hydrogen) atoms. The molecule has 4 nitrogen and oxygen atoms in total. The van der Waals surface area contributed by atoms with Crippen LogP contribution in [0.4, 0.5) is 0 Å². The van der Waals surface area contributed by atoms with Crippen LogP contribution in [0.3, 0.4) is 0 Å². The van der Waals surface area contributed by atoms with Crippen molar-refractivity contribution in [3.8, 4) is 0 Å². The molecule has 1 fully saturated rings. The summed E-state index contributed by atoms with van der Waals surface area (Å²) in [5.74, 6) is -0.834. The van der Waals surface area contributed by atoms with Crippen LogP contribution in [0.5, 0.6) is 0 Å². The summed E-state index contributed by atoms with van der Waals surface area (Å²) < 4.78 is 2.04. The molecule has 2 rings (SSSR count). The number of hydrogen-bond donors (Lipinski definition) is 1.